The van der Waals surface area contributed by atoms with E-state index < -0.39 is 0 Å². The molecule has 1 aliphatic heterocycles. The van der Waals surface area contributed by atoms with E-state index in [4.69, 9.17) is 4.98 Å². The van der Waals surface area contributed by atoms with Gasteiger partial charge in [-0.3, -0.25) is 9.59 Å². The summed E-state index contributed by atoms with van der Waals surface area (Å²) in [5, 5.41) is 3.21. The summed E-state index contributed by atoms with van der Waals surface area (Å²) in [4.78, 5) is 32.8. The highest BCUT2D eigenvalue weighted by Gasteiger charge is 2.37. The molecule has 0 bridgehead atoms. The molecule has 0 radical (unpaired) electrons. The average Bonchev–Trinajstić information content (AvgIpc) is 3.34. The van der Waals surface area contributed by atoms with Gasteiger partial charge in [-0.1, -0.05) is 39.2 Å². The van der Waals surface area contributed by atoms with Gasteiger partial charge in [-0.05, 0) is 43.7 Å². The SMILES string of the molecule is CC(C)Cc1nc(C(=O)N2CCCC2C(=O)NC2CCCCC2)c2ccccn12. The lowest BCUT2D eigenvalue weighted by Crippen LogP contribution is -2.49. The van der Waals surface area contributed by atoms with E-state index in [0.29, 0.717) is 18.2 Å². The number of nitrogens with zero attached hydrogens (tertiary/aromatic N) is 3. The van der Waals surface area contributed by atoms with Crippen LogP contribution in [0, 0.1) is 5.92 Å². The number of hydrogen-bond acceptors (Lipinski definition) is 3. The minimum Gasteiger partial charge on any atom is -0.352 e. The second-order valence-electron chi connectivity index (χ2n) is 8.93. The summed E-state index contributed by atoms with van der Waals surface area (Å²) in [5.74, 6) is 1.24. The molecule has 4 rings (SSSR count). The minimum absolute atomic E-state index is 0.00803. The zero-order chi connectivity index (χ0) is 20.4. The Morgan fingerprint density at radius 1 is 1.14 bits per heavy atom. The van der Waals surface area contributed by atoms with Gasteiger partial charge in [-0.15, -0.1) is 0 Å². The fraction of sp³-hybridized carbons (Fsp3) is 0.609. The monoisotopic (exact) mass is 396 g/mol. The van der Waals surface area contributed by atoms with Crippen LogP contribution >= 0.6 is 0 Å². The molecule has 1 unspecified atom stereocenters. The molecule has 3 heterocycles. The second-order valence-corrected chi connectivity index (χ2v) is 8.93. The Balaban J connectivity index is 1.56. The first kappa shape index (κ1) is 19.9. The number of carbonyl (C=O) groups excluding carboxylic acids is 2. The molecular formula is C23H32N4O2. The highest BCUT2D eigenvalue weighted by molar-refractivity contribution is 6.01. The summed E-state index contributed by atoms with van der Waals surface area (Å²) >= 11 is 0. The molecule has 1 saturated carbocycles. The molecule has 0 aromatic carbocycles. The summed E-state index contributed by atoms with van der Waals surface area (Å²) in [5.41, 5.74) is 1.30. The molecule has 29 heavy (non-hydrogen) atoms. The summed E-state index contributed by atoms with van der Waals surface area (Å²) in [6.07, 6.45) is 10.1. The third-order valence-electron chi connectivity index (χ3n) is 6.18. The molecule has 0 spiro atoms. The van der Waals surface area contributed by atoms with Crippen LogP contribution in [0.5, 0.6) is 0 Å². The maximum Gasteiger partial charge on any atom is 0.275 e. The average molecular weight is 397 g/mol. The van der Waals surface area contributed by atoms with E-state index in [0.717, 1.165) is 43.4 Å². The van der Waals surface area contributed by atoms with Crippen molar-refractivity contribution in [3.05, 3.63) is 35.9 Å². The van der Waals surface area contributed by atoms with E-state index in [2.05, 4.69) is 19.2 Å². The summed E-state index contributed by atoms with van der Waals surface area (Å²) in [6, 6.07) is 5.73. The van der Waals surface area contributed by atoms with Crippen LogP contribution in [0.25, 0.3) is 5.52 Å². The number of nitrogens with one attached hydrogen (secondary N) is 1. The van der Waals surface area contributed by atoms with Crippen molar-refractivity contribution >= 4 is 17.3 Å². The highest BCUT2D eigenvalue weighted by Crippen LogP contribution is 2.25. The number of aromatic nitrogens is 2. The van der Waals surface area contributed by atoms with Crippen molar-refractivity contribution < 1.29 is 9.59 Å². The van der Waals surface area contributed by atoms with Gasteiger partial charge in [0.15, 0.2) is 5.69 Å². The summed E-state index contributed by atoms with van der Waals surface area (Å²) in [6.45, 7) is 4.92. The van der Waals surface area contributed by atoms with Crippen molar-refractivity contribution in [1.82, 2.24) is 19.6 Å². The van der Waals surface area contributed by atoms with Crippen molar-refractivity contribution in [3.8, 4) is 0 Å². The van der Waals surface area contributed by atoms with E-state index in [-0.39, 0.29) is 23.9 Å². The van der Waals surface area contributed by atoms with Crippen LogP contribution in [0.15, 0.2) is 24.4 Å². The van der Waals surface area contributed by atoms with Crippen molar-refractivity contribution in [2.75, 3.05) is 6.54 Å². The van der Waals surface area contributed by atoms with Gasteiger partial charge in [0.25, 0.3) is 5.91 Å². The summed E-state index contributed by atoms with van der Waals surface area (Å²) in [7, 11) is 0. The maximum atomic E-state index is 13.4. The standard InChI is InChI=1S/C23H32N4O2/c1-16(2)15-20-25-21(18-11-6-7-13-26(18)20)23(29)27-14-8-12-19(27)22(28)24-17-9-4-3-5-10-17/h6-7,11,13,16-17,19H,3-5,8-10,12,14-15H2,1-2H3,(H,24,28). The van der Waals surface area contributed by atoms with Crippen LogP contribution in [0.1, 0.15) is 75.1 Å². The molecule has 6 nitrogen and oxygen atoms in total. The van der Waals surface area contributed by atoms with Crippen LogP contribution in [0.4, 0.5) is 0 Å². The molecule has 156 valence electrons. The van der Waals surface area contributed by atoms with Gasteiger partial charge in [0, 0.05) is 25.2 Å². The van der Waals surface area contributed by atoms with E-state index in [1.807, 2.05) is 28.8 Å². The Labute approximate surface area is 172 Å². The fourth-order valence-electron chi connectivity index (χ4n) is 4.73. The minimum atomic E-state index is -0.376. The Morgan fingerprint density at radius 3 is 2.69 bits per heavy atom. The quantitative estimate of drug-likeness (QED) is 0.840. The zero-order valence-corrected chi connectivity index (χ0v) is 17.6. The Bertz CT molecular complexity index is 882. The number of pyridine rings is 1. The lowest BCUT2D eigenvalue weighted by molar-refractivity contribution is -0.125. The Morgan fingerprint density at radius 2 is 1.93 bits per heavy atom. The van der Waals surface area contributed by atoms with Crippen molar-refractivity contribution in [3.63, 3.8) is 0 Å². The maximum absolute atomic E-state index is 13.4. The molecule has 1 aliphatic carbocycles. The Kier molecular flexibility index (Phi) is 5.88. The Hall–Kier alpha value is -2.37. The zero-order valence-electron chi connectivity index (χ0n) is 17.6. The molecule has 1 saturated heterocycles. The van der Waals surface area contributed by atoms with Gasteiger partial charge >= 0.3 is 0 Å². The first-order chi connectivity index (χ1) is 14.0. The van der Waals surface area contributed by atoms with Gasteiger partial charge in [0.1, 0.15) is 11.9 Å². The lowest BCUT2D eigenvalue weighted by Gasteiger charge is -2.28. The molecule has 2 aliphatic rings. The molecule has 1 N–H and O–H groups in total. The van der Waals surface area contributed by atoms with Gasteiger partial charge in [-0.2, -0.15) is 0 Å². The van der Waals surface area contributed by atoms with Crippen molar-refractivity contribution in [1.29, 1.82) is 0 Å². The molecule has 2 amide bonds. The van der Waals surface area contributed by atoms with E-state index in [9.17, 15) is 9.59 Å². The molecule has 1 atom stereocenters. The topological polar surface area (TPSA) is 66.7 Å². The second kappa shape index (κ2) is 8.56. The first-order valence-electron chi connectivity index (χ1n) is 11.1. The molecule has 2 aromatic rings. The lowest BCUT2D eigenvalue weighted by atomic mass is 9.95. The number of likely N-dealkylation sites (tertiary alicyclic amines) is 1. The normalized spacial score (nSPS) is 20.5. The third-order valence-corrected chi connectivity index (χ3v) is 6.18. The van der Waals surface area contributed by atoms with E-state index in [1.54, 1.807) is 4.90 Å². The predicted molar refractivity (Wildman–Crippen MR) is 113 cm³/mol. The molecule has 2 fully saturated rings. The number of amides is 2. The number of fused-ring (bicyclic) bond motifs is 1. The molecular weight excluding hydrogens is 364 g/mol. The molecule has 6 heteroatoms. The largest absolute Gasteiger partial charge is 0.352 e. The first-order valence-corrected chi connectivity index (χ1v) is 11.1. The van der Waals surface area contributed by atoms with Crippen LogP contribution in [0.2, 0.25) is 0 Å². The highest BCUT2D eigenvalue weighted by atomic mass is 16.2. The van der Waals surface area contributed by atoms with Crippen molar-refractivity contribution in [2.45, 2.75) is 77.3 Å². The smallest absolute Gasteiger partial charge is 0.275 e. The van der Waals surface area contributed by atoms with Gasteiger partial charge in [0.2, 0.25) is 5.91 Å². The van der Waals surface area contributed by atoms with Crippen LogP contribution < -0.4 is 5.32 Å². The van der Waals surface area contributed by atoms with E-state index in [1.165, 1.54) is 19.3 Å². The van der Waals surface area contributed by atoms with E-state index >= 15 is 0 Å². The predicted octanol–water partition coefficient (Wildman–Crippen LogP) is 3.59. The summed E-state index contributed by atoms with van der Waals surface area (Å²) < 4.78 is 2.01. The van der Waals surface area contributed by atoms with Gasteiger partial charge in [-0.25, -0.2) is 4.98 Å². The molecule has 2 aromatic heterocycles. The van der Waals surface area contributed by atoms with Crippen LogP contribution in [-0.4, -0.2) is 44.7 Å². The van der Waals surface area contributed by atoms with Crippen LogP contribution in [-0.2, 0) is 11.2 Å². The number of hydrogen-bond donors (Lipinski definition) is 1. The van der Waals surface area contributed by atoms with Crippen LogP contribution in [0.3, 0.4) is 0 Å². The third kappa shape index (κ3) is 4.16. The fourth-order valence-corrected chi connectivity index (χ4v) is 4.73. The van der Waals surface area contributed by atoms with Gasteiger partial charge < -0.3 is 14.6 Å². The number of rotatable bonds is 5. The number of imidazole rings is 1. The number of carbonyl (C=O) groups is 2. The van der Waals surface area contributed by atoms with Crippen molar-refractivity contribution in [2.24, 2.45) is 5.92 Å². The van der Waals surface area contributed by atoms with Gasteiger partial charge in [0.05, 0.1) is 5.52 Å².